The summed E-state index contributed by atoms with van der Waals surface area (Å²) in [5, 5.41) is 3.41. The number of hydrogen-bond donors (Lipinski definition) is 1. The third kappa shape index (κ3) is 5.50. The molecule has 0 spiro atoms. The van der Waals surface area contributed by atoms with Crippen molar-refractivity contribution in [1.29, 1.82) is 0 Å². The lowest BCUT2D eigenvalue weighted by Crippen LogP contribution is -2.48. The lowest BCUT2D eigenvalue weighted by atomic mass is 10.2. The highest BCUT2D eigenvalue weighted by atomic mass is 32.2. The van der Waals surface area contributed by atoms with Crippen LogP contribution in [0.15, 0.2) is 27.8 Å². The average Bonchev–Trinajstić information content (AvgIpc) is 3.21. The van der Waals surface area contributed by atoms with Gasteiger partial charge in [-0.25, -0.2) is 9.97 Å². The van der Waals surface area contributed by atoms with Crippen LogP contribution in [0, 0.1) is 0 Å². The number of piperazine rings is 1. The summed E-state index contributed by atoms with van der Waals surface area (Å²) in [6.07, 6.45) is 0.818. The van der Waals surface area contributed by atoms with Crippen LogP contribution in [0.25, 0.3) is 0 Å². The van der Waals surface area contributed by atoms with E-state index >= 15 is 0 Å². The molecular weight excluding hydrogens is 390 g/mol. The monoisotopic (exact) mass is 417 g/mol. The molecule has 1 saturated heterocycles. The molecule has 29 heavy (non-hydrogen) atoms. The van der Waals surface area contributed by atoms with Crippen molar-refractivity contribution < 1.29 is 14.0 Å². The first-order valence-electron chi connectivity index (χ1n) is 9.88. The lowest BCUT2D eigenvalue weighted by molar-refractivity contribution is -0.129. The van der Waals surface area contributed by atoms with Crippen molar-refractivity contribution in [3.05, 3.63) is 35.4 Å². The lowest BCUT2D eigenvalue weighted by Gasteiger charge is -2.35. The Morgan fingerprint density at radius 2 is 1.93 bits per heavy atom. The molecule has 156 valence electrons. The normalized spacial score (nSPS) is 14.2. The van der Waals surface area contributed by atoms with Gasteiger partial charge in [0.15, 0.2) is 10.9 Å². The Morgan fingerprint density at radius 1 is 1.17 bits per heavy atom. The molecule has 2 aromatic heterocycles. The van der Waals surface area contributed by atoms with Crippen LogP contribution in [0.2, 0.25) is 0 Å². The number of amides is 2. The molecular formula is C20H27N5O3S. The standard InChI is InChI=1S/C20H27N5O3S/c1-4-15-12-18(25-10-8-24(9-11-25)14(3)26)23-20(22-15)29-13-16-6-7-17(28-16)19(27)21-5-2/h6-7,12H,4-5,8-11,13H2,1-3H3,(H,21,27). The van der Waals surface area contributed by atoms with E-state index in [0.717, 1.165) is 31.0 Å². The Balaban J connectivity index is 1.66. The number of carbonyl (C=O) groups excluding carboxylic acids is 2. The molecule has 0 aromatic carbocycles. The molecule has 0 atom stereocenters. The minimum Gasteiger partial charge on any atom is -0.455 e. The van der Waals surface area contributed by atoms with Gasteiger partial charge < -0.3 is 19.5 Å². The fraction of sp³-hybridized carbons (Fsp3) is 0.500. The summed E-state index contributed by atoms with van der Waals surface area (Å²) < 4.78 is 5.62. The van der Waals surface area contributed by atoms with Crippen LogP contribution in [0.3, 0.4) is 0 Å². The third-order valence-corrected chi connectivity index (χ3v) is 5.59. The number of nitrogens with zero attached hydrogens (tertiary/aromatic N) is 4. The van der Waals surface area contributed by atoms with E-state index in [0.29, 0.717) is 42.1 Å². The molecule has 3 heterocycles. The number of carbonyl (C=O) groups is 2. The van der Waals surface area contributed by atoms with E-state index < -0.39 is 0 Å². The number of rotatable bonds is 7. The van der Waals surface area contributed by atoms with Gasteiger partial charge in [0.1, 0.15) is 11.6 Å². The van der Waals surface area contributed by atoms with Crippen LogP contribution in [0.5, 0.6) is 0 Å². The van der Waals surface area contributed by atoms with Gasteiger partial charge in [-0.3, -0.25) is 9.59 Å². The first-order valence-corrected chi connectivity index (χ1v) is 10.9. The number of aryl methyl sites for hydroxylation is 1. The van der Waals surface area contributed by atoms with Gasteiger partial charge in [-0.05, 0) is 25.5 Å². The molecule has 0 aliphatic carbocycles. The number of aromatic nitrogens is 2. The van der Waals surface area contributed by atoms with Gasteiger partial charge in [0.2, 0.25) is 5.91 Å². The molecule has 9 heteroatoms. The van der Waals surface area contributed by atoms with Crippen LogP contribution in [-0.2, 0) is 17.0 Å². The van der Waals surface area contributed by atoms with Crippen LogP contribution < -0.4 is 10.2 Å². The largest absolute Gasteiger partial charge is 0.455 e. The summed E-state index contributed by atoms with van der Waals surface area (Å²) in [6.45, 7) is 9.04. The molecule has 0 saturated carbocycles. The van der Waals surface area contributed by atoms with E-state index in [9.17, 15) is 9.59 Å². The maximum Gasteiger partial charge on any atom is 0.286 e. The SMILES string of the molecule is CCNC(=O)c1ccc(CSc2nc(CC)cc(N3CCN(C(C)=O)CC3)n2)o1. The first kappa shape index (κ1) is 21.2. The van der Waals surface area contributed by atoms with Crippen molar-refractivity contribution in [3.8, 4) is 0 Å². The Labute approximate surface area is 175 Å². The zero-order valence-corrected chi connectivity index (χ0v) is 17.9. The molecule has 0 unspecified atom stereocenters. The highest BCUT2D eigenvalue weighted by molar-refractivity contribution is 7.98. The van der Waals surface area contributed by atoms with Gasteiger partial charge in [0.25, 0.3) is 5.91 Å². The molecule has 3 rings (SSSR count). The molecule has 0 radical (unpaired) electrons. The molecule has 2 aromatic rings. The predicted octanol–water partition coefficient (Wildman–Crippen LogP) is 2.34. The van der Waals surface area contributed by atoms with Crippen LogP contribution in [0.1, 0.15) is 42.8 Å². The zero-order valence-electron chi connectivity index (χ0n) is 17.1. The van der Waals surface area contributed by atoms with Gasteiger partial charge in [0, 0.05) is 51.4 Å². The zero-order chi connectivity index (χ0) is 20.8. The second-order valence-electron chi connectivity index (χ2n) is 6.76. The van der Waals surface area contributed by atoms with Crippen molar-refractivity contribution >= 4 is 29.4 Å². The summed E-state index contributed by atoms with van der Waals surface area (Å²) in [5.41, 5.74) is 0.981. The van der Waals surface area contributed by atoms with Gasteiger partial charge in [-0.15, -0.1) is 0 Å². The van der Waals surface area contributed by atoms with E-state index in [-0.39, 0.29) is 11.8 Å². The van der Waals surface area contributed by atoms with Gasteiger partial charge in [-0.1, -0.05) is 18.7 Å². The summed E-state index contributed by atoms with van der Waals surface area (Å²) in [6, 6.07) is 5.51. The number of nitrogens with one attached hydrogen (secondary N) is 1. The Hall–Kier alpha value is -2.55. The summed E-state index contributed by atoms with van der Waals surface area (Å²) >= 11 is 1.49. The third-order valence-electron chi connectivity index (χ3n) is 4.72. The maximum atomic E-state index is 11.8. The van der Waals surface area contributed by atoms with Crippen molar-refractivity contribution in [2.45, 2.75) is 38.1 Å². The highest BCUT2D eigenvalue weighted by Gasteiger charge is 2.21. The second-order valence-corrected chi connectivity index (χ2v) is 7.70. The highest BCUT2D eigenvalue weighted by Crippen LogP contribution is 2.24. The van der Waals surface area contributed by atoms with Gasteiger partial charge >= 0.3 is 0 Å². The maximum absolute atomic E-state index is 11.8. The fourth-order valence-electron chi connectivity index (χ4n) is 3.08. The molecule has 1 N–H and O–H groups in total. The minimum atomic E-state index is -0.208. The Morgan fingerprint density at radius 3 is 2.59 bits per heavy atom. The van der Waals surface area contributed by atoms with Crippen molar-refractivity contribution in [3.63, 3.8) is 0 Å². The number of anilines is 1. The minimum absolute atomic E-state index is 0.114. The van der Waals surface area contributed by atoms with Gasteiger partial charge in [-0.2, -0.15) is 0 Å². The van der Waals surface area contributed by atoms with Crippen LogP contribution in [-0.4, -0.2) is 59.4 Å². The fourth-order valence-corrected chi connectivity index (χ4v) is 3.84. The molecule has 1 aliphatic rings. The van der Waals surface area contributed by atoms with E-state index in [4.69, 9.17) is 9.40 Å². The molecule has 2 amide bonds. The second kappa shape index (κ2) is 9.78. The van der Waals surface area contributed by atoms with E-state index in [1.54, 1.807) is 13.0 Å². The quantitative estimate of drug-likeness (QED) is 0.546. The van der Waals surface area contributed by atoms with Crippen molar-refractivity contribution in [2.24, 2.45) is 0 Å². The van der Waals surface area contributed by atoms with E-state index in [1.807, 2.05) is 24.0 Å². The van der Waals surface area contributed by atoms with E-state index in [2.05, 4.69) is 22.1 Å². The van der Waals surface area contributed by atoms with Crippen molar-refractivity contribution in [1.82, 2.24) is 20.2 Å². The van der Waals surface area contributed by atoms with Crippen LogP contribution in [0.4, 0.5) is 5.82 Å². The number of furan rings is 1. The van der Waals surface area contributed by atoms with Crippen molar-refractivity contribution in [2.75, 3.05) is 37.6 Å². The topological polar surface area (TPSA) is 91.6 Å². The number of hydrogen-bond acceptors (Lipinski definition) is 7. The molecule has 1 fully saturated rings. The Bertz CT molecular complexity index is 862. The predicted molar refractivity (Wildman–Crippen MR) is 112 cm³/mol. The summed E-state index contributed by atoms with van der Waals surface area (Å²) in [7, 11) is 0. The average molecular weight is 418 g/mol. The summed E-state index contributed by atoms with van der Waals surface area (Å²) in [4.78, 5) is 36.8. The molecule has 1 aliphatic heterocycles. The van der Waals surface area contributed by atoms with Crippen LogP contribution >= 0.6 is 11.8 Å². The van der Waals surface area contributed by atoms with Gasteiger partial charge in [0.05, 0.1) is 5.75 Å². The Kier molecular flexibility index (Phi) is 7.13. The van der Waals surface area contributed by atoms with E-state index in [1.165, 1.54) is 11.8 Å². The summed E-state index contributed by atoms with van der Waals surface area (Å²) in [5.74, 6) is 2.37. The first-order chi connectivity index (χ1) is 14.0. The molecule has 8 nitrogen and oxygen atoms in total. The number of thioether (sulfide) groups is 1. The molecule has 0 bridgehead atoms. The smallest absolute Gasteiger partial charge is 0.286 e.